The fraction of sp³-hybridized carbons (Fsp3) is 0.143. The molecule has 3 rings (SSSR count). The van der Waals surface area contributed by atoms with Gasteiger partial charge in [-0.1, -0.05) is 11.6 Å². The SMILES string of the molecule is COc1cc(C)c(-c2cnc3[nH]c(Cl)cc3c2)cn1. The maximum absolute atomic E-state index is 5.93. The first-order valence-corrected chi connectivity index (χ1v) is 6.20. The first-order valence-electron chi connectivity index (χ1n) is 5.82. The number of aromatic nitrogens is 3. The van der Waals surface area contributed by atoms with Gasteiger partial charge in [-0.05, 0) is 24.6 Å². The van der Waals surface area contributed by atoms with Crippen molar-refractivity contribution in [2.75, 3.05) is 7.11 Å². The smallest absolute Gasteiger partial charge is 0.213 e. The van der Waals surface area contributed by atoms with Crippen molar-refractivity contribution in [3.8, 4) is 17.0 Å². The number of aromatic amines is 1. The number of hydrogen-bond acceptors (Lipinski definition) is 3. The number of fused-ring (bicyclic) bond motifs is 1. The molecule has 1 N–H and O–H groups in total. The van der Waals surface area contributed by atoms with Crippen LogP contribution in [0.15, 0.2) is 30.6 Å². The highest BCUT2D eigenvalue weighted by molar-refractivity contribution is 6.30. The Morgan fingerprint density at radius 3 is 2.74 bits per heavy atom. The molecule has 0 aliphatic carbocycles. The van der Waals surface area contributed by atoms with Crippen LogP contribution >= 0.6 is 11.6 Å². The fourth-order valence-corrected chi connectivity index (χ4v) is 2.28. The van der Waals surface area contributed by atoms with Gasteiger partial charge >= 0.3 is 0 Å². The molecule has 0 atom stereocenters. The normalized spacial score (nSPS) is 10.9. The van der Waals surface area contributed by atoms with Crippen LogP contribution in [0.4, 0.5) is 0 Å². The van der Waals surface area contributed by atoms with Crippen molar-refractivity contribution in [3.05, 3.63) is 41.3 Å². The van der Waals surface area contributed by atoms with Gasteiger partial charge in [0.25, 0.3) is 0 Å². The molecule has 0 spiro atoms. The average Bonchev–Trinajstić information content (AvgIpc) is 2.77. The van der Waals surface area contributed by atoms with Crippen LogP contribution in [0.25, 0.3) is 22.2 Å². The van der Waals surface area contributed by atoms with Gasteiger partial charge < -0.3 is 9.72 Å². The number of ether oxygens (including phenoxy) is 1. The number of methoxy groups -OCH3 is 1. The molecule has 5 heteroatoms. The Morgan fingerprint density at radius 2 is 2.00 bits per heavy atom. The molecule has 0 amide bonds. The maximum atomic E-state index is 5.93. The van der Waals surface area contributed by atoms with Gasteiger partial charge in [0.15, 0.2) is 0 Å². The van der Waals surface area contributed by atoms with Gasteiger partial charge in [0.2, 0.25) is 5.88 Å². The molecule has 19 heavy (non-hydrogen) atoms. The zero-order chi connectivity index (χ0) is 13.4. The second-order valence-corrected chi connectivity index (χ2v) is 4.73. The quantitative estimate of drug-likeness (QED) is 0.776. The van der Waals surface area contributed by atoms with E-state index in [4.69, 9.17) is 16.3 Å². The molecule has 3 heterocycles. The Balaban J connectivity index is 2.12. The largest absolute Gasteiger partial charge is 0.481 e. The van der Waals surface area contributed by atoms with Crippen LogP contribution in [0.5, 0.6) is 5.88 Å². The minimum Gasteiger partial charge on any atom is -0.481 e. The predicted octanol–water partition coefficient (Wildman–Crippen LogP) is 3.60. The molecule has 96 valence electrons. The van der Waals surface area contributed by atoms with Gasteiger partial charge in [-0.3, -0.25) is 0 Å². The molecule has 0 aliphatic heterocycles. The van der Waals surface area contributed by atoms with E-state index in [1.165, 1.54) is 0 Å². The van der Waals surface area contributed by atoms with Crippen molar-refractivity contribution in [1.82, 2.24) is 15.0 Å². The molecule has 4 nitrogen and oxygen atoms in total. The summed E-state index contributed by atoms with van der Waals surface area (Å²) in [4.78, 5) is 11.6. The van der Waals surface area contributed by atoms with Crippen LogP contribution < -0.4 is 4.74 Å². The van der Waals surface area contributed by atoms with Gasteiger partial charge in [0.05, 0.1) is 7.11 Å². The molecule has 3 aromatic rings. The molecule has 0 saturated heterocycles. The van der Waals surface area contributed by atoms with E-state index < -0.39 is 0 Å². The average molecular weight is 274 g/mol. The Labute approximate surface area is 115 Å². The van der Waals surface area contributed by atoms with Gasteiger partial charge in [-0.2, -0.15) is 0 Å². The third-order valence-corrected chi connectivity index (χ3v) is 3.25. The fourth-order valence-electron chi connectivity index (χ4n) is 2.07. The highest BCUT2D eigenvalue weighted by atomic mass is 35.5. The number of halogens is 1. The van der Waals surface area contributed by atoms with Crippen LogP contribution in [0.3, 0.4) is 0 Å². The summed E-state index contributed by atoms with van der Waals surface area (Å²) in [5.41, 5.74) is 3.92. The van der Waals surface area contributed by atoms with Gasteiger partial charge in [-0.25, -0.2) is 9.97 Å². The zero-order valence-electron chi connectivity index (χ0n) is 10.6. The van der Waals surface area contributed by atoms with Crippen molar-refractivity contribution < 1.29 is 4.74 Å². The van der Waals surface area contributed by atoms with E-state index >= 15 is 0 Å². The summed E-state index contributed by atoms with van der Waals surface area (Å²) in [6, 6.07) is 5.81. The monoisotopic (exact) mass is 273 g/mol. The number of rotatable bonds is 2. The van der Waals surface area contributed by atoms with Gasteiger partial charge in [0, 0.05) is 35.0 Å². The molecule has 0 aliphatic rings. The number of nitrogens with one attached hydrogen (secondary N) is 1. The lowest BCUT2D eigenvalue weighted by atomic mass is 10.0. The lowest BCUT2D eigenvalue weighted by Crippen LogP contribution is -1.91. The van der Waals surface area contributed by atoms with Crippen molar-refractivity contribution in [2.24, 2.45) is 0 Å². The zero-order valence-corrected chi connectivity index (χ0v) is 11.3. The van der Waals surface area contributed by atoms with E-state index in [9.17, 15) is 0 Å². The first kappa shape index (κ1) is 12.0. The second kappa shape index (κ2) is 4.55. The summed E-state index contributed by atoms with van der Waals surface area (Å²) < 4.78 is 5.11. The lowest BCUT2D eigenvalue weighted by Gasteiger charge is -2.07. The van der Waals surface area contributed by atoms with E-state index in [1.54, 1.807) is 13.3 Å². The van der Waals surface area contributed by atoms with Crippen molar-refractivity contribution in [2.45, 2.75) is 6.92 Å². The van der Waals surface area contributed by atoms with Crippen molar-refractivity contribution >= 4 is 22.6 Å². The van der Waals surface area contributed by atoms with E-state index in [1.807, 2.05) is 31.3 Å². The van der Waals surface area contributed by atoms with E-state index in [-0.39, 0.29) is 0 Å². The number of aryl methyl sites for hydroxylation is 1. The molecular formula is C14H12ClN3O. The Kier molecular flexibility index (Phi) is 2.87. The summed E-state index contributed by atoms with van der Waals surface area (Å²) in [6.45, 7) is 2.02. The highest BCUT2D eigenvalue weighted by Crippen LogP contribution is 2.27. The van der Waals surface area contributed by atoms with Crippen LogP contribution in [0.2, 0.25) is 5.15 Å². The number of hydrogen-bond donors (Lipinski definition) is 1. The van der Waals surface area contributed by atoms with Crippen LogP contribution in [-0.4, -0.2) is 22.1 Å². The standard InChI is InChI=1S/C14H12ClN3O/c1-8-3-13(19-2)16-7-11(8)10-4-9-5-12(15)18-14(9)17-6-10/h3-7H,1-2H3,(H,17,18). The molecule has 0 radical (unpaired) electrons. The summed E-state index contributed by atoms with van der Waals surface area (Å²) in [5, 5.41) is 1.57. The summed E-state index contributed by atoms with van der Waals surface area (Å²) in [5.74, 6) is 0.611. The Morgan fingerprint density at radius 1 is 1.16 bits per heavy atom. The molecular weight excluding hydrogens is 262 g/mol. The summed E-state index contributed by atoms with van der Waals surface area (Å²) >= 11 is 5.93. The van der Waals surface area contributed by atoms with Crippen molar-refractivity contribution in [1.29, 1.82) is 0 Å². The third kappa shape index (κ3) is 2.15. The molecule has 0 fully saturated rings. The third-order valence-electron chi connectivity index (χ3n) is 3.04. The molecule has 0 unspecified atom stereocenters. The van der Waals surface area contributed by atoms with Crippen molar-refractivity contribution in [3.63, 3.8) is 0 Å². The highest BCUT2D eigenvalue weighted by Gasteiger charge is 2.07. The van der Waals surface area contributed by atoms with Crippen LogP contribution in [0, 0.1) is 6.92 Å². The molecule has 0 aromatic carbocycles. The second-order valence-electron chi connectivity index (χ2n) is 4.32. The van der Waals surface area contributed by atoms with Gasteiger partial charge in [-0.15, -0.1) is 0 Å². The number of nitrogens with zero attached hydrogens (tertiary/aromatic N) is 2. The Hall–Kier alpha value is -2.07. The van der Waals surface area contributed by atoms with E-state index in [0.717, 1.165) is 27.7 Å². The minimum atomic E-state index is 0.587. The van der Waals surface area contributed by atoms with E-state index in [0.29, 0.717) is 11.0 Å². The lowest BCUT2D eigenvalue weighted by molar-refractivity contribution is 0.397. The van der Waals surface area contributed by atoms with Crippen LogP contribution in [-0.2, 0) is 0 Å². The summed E-state index contributed by atoms with van der Waals surface area (Å²) in [7, 11) is 1.61. The first-order chi connectivity index (χ1) is 9.17. The summed E-state index contributed by atoms with van der Waals surface area (Å²) in [6.07, 6.45) is 3.61. The number of H-pyrrole nitrogens is 1. The topological polar surface area (TPSA) is 50.8 Å². The minimum absolute atomic E-state index is 0.587. The van der Waals surface area contributed by atoms with Gasteiger partial charge in [0.1, 0.15) is 10.8 Å². The predicted molar refractivity (Wildman–Crippen MR) is 75.6 cm³/mol. The Bertz CT molecular complexity index is 752. The van der Waals surface area contributed by atoms with E-state index in [2.05, 4.69) is 15.0 Å². The molecule has 3 aromatic heterocycles. The molecule has 0 bridgehead atoms. The van der Waals surface area contributed by atoms with Crippen LogP contribution in [0.1, 0.15) is 5.56 Å². The molecule has 0 saturated carbocycles. The number of pyridine rings is 2. The maximum Gasteiger partial charge on any atom is 0.213 e.